The van der Waals surface area contributed by atoms with Crippen LogP contribution in [0.15, 0.2) is 11.3 Å². The van der Waals surface area contributed by atoms with Crippen LogP contribution < -0.4 is 10.6 Å². The third-order valence-electron chi connectivity index (χ3n) is 4.79. The molecule has 1 aromatic heterocycles. The summed E-state index contributed by atoms with van der Waals surface area (Å²) >= 11 is 0. The van der Waals surface area contributed by atoms with Gasteiger partial charge >= 0.3 is 0 Å². The highest BCUT2D eigenvalue weighted by Gasteiger charge is 2.08. The lowest BCUT2D eigenvalue weighted by Crippen LogP contribution is -2.40. The number of nitrogens with zero attached hydrogens (tertiary/aromatic N) is 5. The Hall–Kier alpha value is -0.900. The van der Waals surface area contributed by atoms with E-state index < -0.39 is 0 Å². The third kappa shape index (κ3) is 9.73. The van der Waals surface area contributed by atoms with E-state index in [1.807, 2.05) is 0 Å². The third-order valence-corrected chi connectivity index (χ3v) is 4.79. The minimum atomic E-state index is 0. The lowest BCUT2D eigenvalue weighted by molar-refractivity contribution is 0.282. The molecule has 1 aliphatic heterocycles. The molecule has 0 saturated carbocycles. The lowest BCUT2D eigenvalue weighted by atomic mass is 10.2. The number of hydrogen-bond acceptors (Lipinski definition) is 4. The lowest BCUT2D eigenvalue weighted by Gasteiger charge is -2.20. The molecule has 7 nitrogen and oxygen atoms in total. The second-order valence-electron chi connectivity index (χ2n) is 6.99. The first-order chi connectivity index (χ1) is 12.8. The van der Waals surface area contributed by atoms with Crippen molar-refractivity contribution in [2.24, 2.45) is 4.99 Å². The Morgan fingerprint density at radius 1 is 1.07 bits per heavy atom. The maximum absolute atomic E-state index is 4.64. The Kier molecular flexibility index (Phi) is 13.5. The summed E-state index contributed by atoms with van der Waals surface area (Å²) in [6.07, 6.45) is 10.5. The summed E-state index contributed by atoms with van der Waals surface area (Å²) in [6, 6.07) is 0. The van der Waals surface area contributed by atoms with Crippen molar-refractivity contribution < 1.29 is 0 Å². The van der Waals surface area contributed by atoms with E-state index in [4.69, 9.17) is 0 Å². The van der Waals surface area contributed by atoms with Gasteiger partial charge in [-0.25, -0.2) is 0 Å². The van der Waals surface area contributed by atoms with E-state index in [1.54, 1.807) is 6.33 Å². The highest BCUT2D eigenvalue weighted by atomic mass is 127. The second kappa shape index (κ2) is 15.1. The van der Waals surface area contributed by atoms with E-state index in [9.17, 15) is 0 Å². The van der Waals surface area contributed by atoms with Gasteiger partial charge in [0.1, 0.15) is 12.2 Å². The van der Waals surface area contributed by atoms with Crippen molar-refractivity contribution in [3.8, 4) is 0 Å². The van der Waals surface area contributed by atoms with Crippen LogP contribution in [0.25, 0.3) is 0 Å². The number of aryl methyl sites for hydroxylation is 1. The number of halogens is 1. The molecule has 0 aromatic carbocycles. The summed E-state index contributed by atoms with van der Waals surface area (Å²) in [6.45, 7) is 11.5. The van der Waals surface area contributed by atoms with Crippen molar-refractivity contribution in [1.29, 1.82) is 0 Å². The van der Waals surface area contributed by atoms with Crippen LogP contribution in [0.4, 0.5) is 0 Å². The van der Waals surface area contributed by atoms with Crippen molar-refractivity contribution in [2.45, 2.75) is 65.3 Å². The zero-order chi connectivity index (χ0) is 18.5. The standard InChI is InChI=1S/C19H37N7.HI/c1-3-10-20-19(22-12-16-26-17-23-24-18(26)4-2)21-11-9-15-25-13-7-5-6-8-14-25;/h17H,3-16H2,1-2H3,(H2,20,21,22);1H. The molecule has 1 aromatic rings. The fourth-order valence-corrected chi connectivity index (χ4v) is 3.30. The second-order valence-corrected chi connectivity index (χ2v) is 6.99. The van der Waals surface area contributed by atoms with E-state index in [-0.39, 0.29) is 24.0 Å². The minimum Gasteiger partial charge on any atom is -0.356 e. The van der Waals surface area contributed by atoms with Gasteiger partial charge in [-0.15, -0.1) is 34.2 Å². The summed E-state index contributed by atoms with van der Waals surface area (Å²) in [7, 11) is 0. The molecule has 0 amide bonds. The van der Waals surface area contributed by atoms with Crippen molar-refractivity contribution in [3.63, 3.8) is 0 Å². The number of rotatable bonds is 10. The highest BCUT2D eigenvalue weighted by molar-refractivity contribution is 14.0. The van der Waals surface area contributed by atoms with Gasteiger partial charge in [0, 0.05) is 32.6 Å². The van der Waals surface area contributed by atoms with Gasteiger partial charge in [-0.2, -0.15) is 0 Å². The van der Waals surface area contributed by atoms with Gasteiger partial charge in [0.15, 0.2) is 5.96 Å². The first kappa shape index (κ1) is 24.1. The largest absolute Gasteiger partial charge is 0.356 e. The molecular formula is C19H38IN7. The Balaban J connectivity index is 0.00000364. The Morgan fingerprint density at radius 2 is 1.81 bits per heavy atom. The van der Waals surface area contributed by atoms with Crippen molar-refractivity contribution in [1.82, 2.24) is 30.3 Å². The summed E-state index contributed by atoms with van der Waals surface area (Å²) in [4.78, 5) is 7.26. The summed E-state index contributed by atoms with van der Waals surface area (Å²) in [5.74, 6) is 1.96. The molecular weight excluding hydrogens is 453 g/mol. The van der Waals surface area contributed by atoms with E-state index >= 15 is 0 Å². The smallest absolute Gasteiger partial charge is 0.191 e. The van der Waals surface area contributed by atoms with Gasteiger partial charge in [0.2, 0.25) is 0 Å². The van der Waals surface area contributed by atoms with Crippen molar-refractivity contribution in [3.05, 3.63) is 12.2 Å². The fraction of sp³-hybridized carbons (Fsp3) is 0.842. The van der Waals surface area contributed by atoms with Gasteiger partial charge in [-0.1, -0.05) is 26.7 Å². The van der Waals surface area contributed by atoms with E-state index in [2.05, 4.69) is 49.1 Å². The molecule has 2 N–H and O–H groups in total. The van der Waals surface area contributed by atoms with Crippen LogP contribution >= 0.6 is 24.0 Å². The van der Waals surface area contributed by atoms with Crippen molar-refractivity contribution >= 4 is 29.9 Å². The van der Waals surface area contributed by atoms with Crippen molar-refractivity contribution in [2.75, 3.05) is 39.3 Å². The molecule has 1 aliphatic rings. The molecule has 8 heteroatoms. The molecule has 2 rings (SSSR count). The van der Waals surface area contributed by atoms with Gasteiger partial charge in [0.25, 0.3) is 0 Å². The summed E-state index contributed by atoms with van der Waals surface area (Å²) in [5, 5.41) is 15.0. The molecule has 1 fully saturated rings. The molecule has 1 saturated heterocycles. The molecule has 0 bridgehead atoms. The van der Waals surface area contributed by atoms with Crippen LogP contribution in [0.1, 0.15) is 58.2 Å². The fourth-order valence-electron chi connectivity index (χ4n) is 3.30. The van der Waals surface area contributed by atoms with Gasteiger partial charge in [-0.3, -0.25) is 4.99 Å². The monoisotopic (exact) mass is 491 g/mol. The number of aliphatic imine (C=N–C) groups is 1. The number of aromatic nitrogens is 3. The Labute approximate surface area is 181 Å². The van der Waals surface area contributed by atoms with Gasteiger partial charge < -0.3 is 20.1 Å². The number of hydrogen-bond donors (Lipinski definition) is 2. The predicted octanol–water partition coefficient (Wildman–Crippen LogP) is 2.67. The SMILES string of the molecule is CCCN=C(NCCCN1CCCCCC1)NCCn1cnnc1CC.I. The maximum Gasteiger partial charge on any atom is 0.191 e. The summed E-state index contributed by atoms with van der Waals surface area (Å²) in [5.41, 5.74) is 0. The zero-order valence-corrected chi connectivity index (χ0v) is 19.5. The Bertz CT molecular complexity index is 510. The Morgan fingerprint density at radius 3 is 2.52 bits per heavy atom. The number of likely N-dealkylation sites (tertiary alicyclic amines) is 1. The van der Waals surface area contributed by atoms with Crippen LogP contribution in [0.3, 0.4) is 0 Å². The molecule has 2 heterocycles. The summed E-state index contributed by atoms with van der Waals surface area (Å²) < 4.78 is 2.10. The van der Waals surface area contributed by atoms with Gasteiger partial charge in [-0.05, 0) is 45.3 Å². The average molecular weight is 491 g/mol. The quantitative estimate of drug-likeness (QED) is 0.228. The van der Waals surface area contributed by atoms with Gasteiger partial charge in [0.05, 0.1) is 0 Å². The molecule has 0 unspecified atom stereocenters. The van der Waals surface area contributed by atoms with E-state index in [0.717, 1.165) is 57.2 Å². The first-order valence-electron chi connectivity index (χ1n) is 10.4. The van der Waals surface area contributed by atoms with Crippen LogP contribution in [0, 0.1) is 0 Å². The van der Waals surface area contributed by atoms with E-state index in [1.165, 1.54) is 45.3 Å². The van der Waals surface area contributed by atoms with Crippen LogP contribution in [0.2, 0.25) is 0 Å². The van der Waals surface area contributed by atoms with Crippen LogP contribution in [0.5, 0.6) is 0 Å². The molecule has 0 atom stereocenters. The minimum absolute atomic E-state index is 0. The normalized spacial score (nSPS) is 15.9. The molecule has 0 aliphatic carbocycles. The zero-order valence-electron chi connectivity index (χ0n) is 17.1. The van der Waals surface area contributed by atoms with Crippen LogP contribution in [-0.2, 0) is 13.0 Å². The predicted molar refractivity (Wildman–Crippen MR) is 123 cm³/mol. The maximum atomic E-state index is 4.64. The van der Waals surface area contributed by atoms with E-state index in [0.29, 0.717) is 0 Å². The molecule has 0 spiro atoms. The number of nitrogens with one attached hydrogen (secondary N) is 2. The topological polar surface area (TPSA) is 70.4 Å². The van der Waals surface area contributed by atoms with Crippen LogP contribution in [-0.4, -0.2) is 64.9 Å². The first-order valence-corrected chi connectivity index (χ1v) is 10.4. The highest BCUT2D eigenvalue weighted by Crippen LogP contribution is 2.09. The average Bonchev–Trinajstić information content (AvgIpc) is 2.95. The molecule has 27 heavy (non-hydrogen) atoms. The molecule has 156 valence electrons. The molecule has 0 radical (unpaired) electrons. The number of guanidine groups is 1.